The van der Waals surface area contributed by atoms with Gasteiger partial charge >= 0.3 is 0 Å². The molecule has 0 spiro atoms. The van der Waals surface area contributed by atoms with E-state index in [0.717, 1.165) is 49.8 Å². The summed E-state index contributed by atoms with van der Waals surface area (Å²) in [5.74, 6) is 1.10. The van der Waals surface area contributed by atoms with Crippen LogP contribution in [-0.2, 0) is 16.0 Å². The van der Waals surface area contributed by atoms with Crippen LogP contribution >= 0.6 is 0 Å². The molecule has 1 heterocycles. The van der Waals surface area contributed by atoms with E-state index in [1.165, 1.54) is 11.1 Å². The predicted molar refractivity (Wildman–Crippen MR) is 130 cm³/mol. The summed E-state index contributed by atoms with van der Waals surface area (Å²) in [6.45, 7) is 8.16. The van der Waals surface area contributed by atoms with Gasteiger partial charge in [0, 0.05) is 25.6 Å². The molecular formula is C28H36N2O3. The number of hydrogen-bond acceptors (Lipinski definition) is 3. The smallest absolute Gasteiger partial charge is 0.260 e. The topological polar surface area (TPSA) is 49.9 Å². The summed E-state index contributed by atoms with van der Waals surface area (Å²) in [5, 5.41) is 0. The third-order valence-electron chi connectivity index (χ3n) is 7.17. The number of rotatable bonds is 7. The maximum atomic E-state index is 13.6. The summed E-state index contributed by atoms with van der Waals surface area (Å²) in [5.41, 5.74) is 4.69. The molecule has 2 aliphatic rings. The molecule has 1 atom stereocenters. The molecule has 0 radical (unpaired) electrons. The summed E-state index contributed by atoms with van der Waals surface area (Å²) in [6.07, 6.45) is 5.14. The molecule has 2 aromatic carbocycles. The number of amides is 2. The van der Waals surface area contributed by atoms with Crippen molar-refractivity contribution < 1.29 is 14.3 Å². The zero-order valence-corrected chi connectivity index (χ0v) is 20.2. The second kappa shape index (κ2) is 10.4. The Morgan fingerprint density at radius 3 is 2.52 bits per heavy atom. The molecule has 5 heteroatoms. The van der Waals surface area contributed by atoms with E-state index in [0.29, 0.717) is 18.8 Å². The van der Waals surface area contributed by atoms with Crippen molar-refractivity contribution in [2.75, 3.05) is 26.2 Å². The van der Waals surface area contributed by atoms with E-state index < -0.39 is 0 Å². The second-order valence-corrected chi connectivity index (χ2v) is 9.30. The first-order chi connectivity index (χ1) is 16.0. The van der Waals surface area contributed by atoms with Crippen molar-refractivity contribution in [1.29, 1.82) is 0 Å². The third-order valence-corrected chi connectivity index (χ3v) is 7.17. The molecule has 0 saturated heterocycles. The van der Waals surface area contributed by atoms with Crippen molar-refractivity contribution in [2.24, 2.45) is 5.92 Å². The van der Waals surface area contributed by atoms with E-state index in [-0.39, 0.29) is 30.4 Å². The van der Waals surface area contributed by atoms with Gasteiger partial charge in [0.15, 0.2) is 6.61 Å². The van der Waals surface area contributed by atoms with Crippen molar-refractivity contribution in [3.63, 3.8) is 0 Å². The highest BCUT2D eigenvalue weighted by molar-refractivity contribution is 5.81. The van der Waals surface area contributed by atoms with Gasteiger partial charge in [0.05, 0.1) is 6.04 Å². The number of carbonyl (C=O) groups is 2. The van der Waals surface area contributed by atoms with Crippen LogP contribution in [0.4, 0.5) is 0 Å². The first-order valence-corrected chi connectivity index (χ1v) is 12.4. The van der Waals surface area contributed by atoms with Gasteiger partial charge in [-0.25, -0.2) is 0 Å². The van der Waals surface area contributed by atoms with Crippen LogP contribution in [0.25, 0.3) is 0 Å². The number of ether oxygens (including phenoxy) is 1. The Morgan fingerprint density at radius 1 is 1.06 bits per heavy atom. The zero-order valence-electron chi connectivity index (χ0n) is 20.2. The molecular weight excluding hydrogens is 412 g/mol. The van der Waals surface area contributed by atoms with Crippen molar-refractivity contribution in [3.8, 4) is 5.75 Å². The highest BCUT2D eigenvalue weighted by Crippen LogP contribution is 2.39. The molecule has 2 amide bonds. The van der Waals surface area contributed by atoms with Gasteiger partial charge in [-0.2, -0.15) is 0 Å². The van der Waals surface area contributed by atoms with Crippen LogP contribution in [0.1, 0.15) is 67.8 Å². The molecule has 1 fully saturated rings. The van der Waals surface area contributed by atoms with Crippen LogP contribution in [0.15, 0.2) is 42.5 Å². The lowest BCUT2D eigenvalue weighted by Gasteiger charge is -2.39. The molecule has 1 unspecified atom stereocenters. The largest absolute Gasteiger partial charge is 0.484 e. The van der Waals surface area contributed by atoms with E-state index in [1.807, 2.05) is 26.0 Å². The number of aryl methyl sites for hydroxylation is 1. The molecule has 4 rings (SSSR count). The van der Waals surface area contributed by atoms with Crippen molar-refractivity contribution in [2.45, 2.75) is 58.9 Å². The summed E-state index contributed by atoms with van der Waals surface area (Å²) in [6, 6.07) is 14.5. The summed E-state index contributed by atoms with van der Waals surface area (Å²) in [7, 11) is 0. The van der Waals surface area contributed by atoms with Crippen molar-refractivity contribution in [1.82, 2.24) is 9.80 Å². The first-order valence-electron chi connectivity index (χ1n) is 12.4. The fourth-order valence-electron chi connectivity index (χ4n) is 5.34. The van der Waals surface area contributed by atoms with Crippen LogP contribution in [0.3, 0.4) is 0 Å². The fourth-order valence-corrected chi connectivity index (χ4v) is 5.34. The minimum atomic E-state index is -0.121. The normalized spacial score (nSPS) is 18.2. The second-order valence-electron chi connectivity index (χ2n) is 9.30. The lowest BCUT2D eigenvalue weighted by atomic mass is 9.86. The zero-order chi connectivity index (χ0) is 23.4. The lowest BCUT2D eigenvalue weighted by Crippen LogP contribution is -2.43. The van der Waals surface area contributed by atoms with Crippen molar-refractivity contribution >= 4 is 11.8 Å². The molecule has 1 saturated carbocycles. The molecule has 176 valence electrons. The van der Waals surface area contributed by atoms with E-state index in [1.54, 1.807) is 4.90 Å². The molecule has 33 heavy (non-hydrogen) atoms. The minimum absolute atomic E-state index is 0.00834. The summed E-state index contributed by atoms with van der Waals surface area (Å²) >= 11 is 0. The quantitative estimate of drug-likeness (QED) is 0.605. The van der Waals surface area contributed by atoms with E-state index >= 15 is 0 Å². The number of carbonyl (C=O) groups excluding carboxylic acids is 2. The van der Waals surface area contributed by atoms with Crippen LogP contribution in [0.5, 0.6) is 5.75 Å². The van der Waals surface area contributed by atoms with Crippen molar-refractivity contribution in [3.05, 3.63) is 64.7 Å². The van der Waals surface area contributed by atoms with Crippen LogP contribution < -0.4 is 4.74 Å². The summed E-state index contributed by atoms with van der Waals surface area (Å²) < 4.78 is 5.93. The van der Waals surface area contributed by atoms with Gasteiger partial charge in [-0.15, -0.1) is 0 Å². The number of fused-ring (bicyclic) bond motifs is 1. The monoisotopic (exact) mass is 448 g/mol. The van der Waals surface area contributed by atoms with Crippen LogP contribution in [0.2, 0.25) is 0 Å². The molecule has 0 N–H and O–H groups in total. The van der Waals surface area contributed by atoms with E-state index in [9.17, 15) is 9.59 Å². The van der Waals surface area contributed by atoms with Gasteiger partial charge in [0.1, 0.15) is 5.75 Å². The molecule has 2 aromatic rings. The SMILES string of the molecule is CCN(CC)C(=O)COc1ccc2c(c1)C(c1cccc(C)c1)N(C(=O)C1CCCC1)CC2. The minimum Gasteiger partial charge on any atom is -0.484 e. The number of hydrogen-bond donors (Lipinski definition) is 0. The Hall–Kier alpha value is -2.82. The Bertz CT molecular complexity index is 992. The highest BCUT2D eigenvalue weighted by atomic mass is 16.5. The van der Waals surface area contributed by atoms with Crippen LogP contribution in [0, 0.1) is 12.8 Å². The Balaban J connectivity index is 1.65. The fraction of sp³-hybridized carbons (Fsp3) is 0.500. The maximum Gasteiger partial charge on any atom is 0.260 e. The predicted octanol–water partition coefficient (Wildman–Crippen LogP) is 4.91. The van der Waals surface area contributed by atoms with Gasteiger partial charge < -0.3 is 14.5 Å². The number of benzene rings is 2. The third kappa shape index (κ3) is 5.07. The Kier molecular flexibility index (Phi) is 7.36. The standard InChI is InChI=1S/C28H36N2O3/c1-4-29(5-2)26(31)19-33-24-14-13-21-15-16-30(28(32)22-10-6-7-11-22)27(25(21)18-24)23-12-8-9-20(3)17-23/h8-9,12-14,17-18,22,27H,4-7,10-11,15-16,19H2,1-3H3. The highest BCUT2D eigenvalue weighted by Gasteiger charge is 2.36. The van der Waals surface area contributed by atoms with E-state index in [2.05, 4.69) is 42.2 Å². The average molecular weight is 449 g/mol. The van der Waals surface area contributed by atoms with E-state index in [4.69, 9.17) is 4.74 Å². The van der Waals surface area contributed by atoms with Gasteiger partial charge in [0.25, 0.3) is 5.91 Å². The average Bonchev–Trinajstić information content (AvgIpc) is 3.37. The Morgan fingerprint density at radius 2 is 1.82 bits per heavy atom. The molecule has 5 nitrogen and oxygen atoms in total. The molecule has 1 aliphatic heterocycles. The Labute approximate surface area is 197 Å². The number of nitrogens with zero attached hydrogens (tertiary/aromatic N) is 2. The maximum absolute atomic E-state index is 13.6. The number of likely N-dealkylation sites (N-methyl/N-ethyl adjacent to an activating group) is 1. The van der Waals surface area contributed by atoms with Gasteiger partial charge in [0.2, 0.25) is 5.91 Å². The van der Waals surface area contributed by atoms with Gasteiger partial charge in [-0.3, -0.25) is 9.59 Å². The van der Waals surface area contributed by atoms with Gasteiger partial charge in [-0.05, 0) is 68.9 Å². The molecule has 1 aliphatic carbocycles. The van der Waals surface area contributed by atoms with Gasteiger partial charge in [-0.1, -0.05) is 48.7 Å². The van der Waals surface area contributed by atoms with Crippen LogP contribution in [-0.4, -0.2) is 47.9 Å². The first kappa shape index (κ1) is 23.3. The summed E-state index contributed by atoms with van der Waals surface area (Å²) in [4.78, 5) is 29.9. The lowest BCUT2D eigenvalue weighted by molar-refractivity contribution is -0.137. The molecule has 0 aromatic heterocycles. The molecule has 0 bridgehead atoms.